The number of carbonyl (C=O) groups excluding carboxylic acids is 1. The Bertz CT molecular complexity index is 219. The summed E-state index contributed by atoms with van der Waals surface area (Å²) in [6.45, 7) is 12.5. The maximum atomic E-state index is 11.6. The van der Waals surface area contributed by atoms with Crippen LogP contribution in [0.25, 0.3) is 0 Å². The smallest absolute Gasteiger partial charge is 0.334 e. The Balaban J connectivity index is 4.37. The Morgan fingerprint density at radius 1 is 1.36 bits per heavy atom. The van der Waals surface area contributed by atoms with Crippen LogP contribution in [0.5, 0.6) is 0 Å². The summed E-state index contributed by atoms with van der Waals surface area (Å²) in [6.07, 6.45) is 1.84. The van der Waals surface area contributed by atoms with Gasteiger partial charge in [0.2, 0.25) is 0 Å². The van der Waals surface area contributed by atoms with Crippen molar-refractivity contribution >= 4 is 5.97 Å². The minimum absolute atomic E-state index is 0.136. The van der Waals surface area contributed by atoms with Crippen molar-refractivity contribution in [3.63, 3.8) is 0 Å². The number of allylic oxidation sites excluding steroid dienone is 1. The average molecular weight is 198 g/mol. The molecule has 14 heavy (non-hydrogen) atoms. The molecule has 0 radical (unpaired) electrons. The molecule has 0 aliphatic carbocycles. The minimum Gasteiger partial charge on any atom is -0.462 e. The Kier molecular flexibility index (Phi) is 4.89. The monoisotopic (exact) mass is 198 g/mol. The van der Waals surface area contributed by atoms with Crippen molar-refractivity contribution in [2.24, 2.45) is 11.3 Å². The highest BCUT2D eigenvalue weighted by atomic mass is 16.5. The van der Waals surface area contributed by atoms with Gasteiger partial charge in [-0.3, -0.25) is 0 Å². The van der Waals surface area contributed by atoms with Crippen molar-refractivity contribution in [1.29, 1.82) is 0 Å². The largest absolute Gasteiger partial charge is 0.462 e. The predicted octanol–water partition coefficient (Wildman–Crippen LogP) is 3.18. The summed E-state index contributed by atoms with van der Waals surface area (Å²) in [7, 11) is 0. The number of hydrogen-bond acceptors (Lipinski definition) is 2. The highest BCUT2D eigenvalue weighted by Gasteiger charge is 2.24. The summed E-state index contributed by atoms with van der Waals surface area (Å²) in [5.41, 5.74) is 0.612. The standard InChI is InChI=1S/C12H22O2/c1-7-10(12(4,5)6)11(13)14-8-9(2)3/h7,9H,8H2,1-6H3/b10-7-. The number of esters is 1. The van der Waals surface area contributed by atoms with Gasteiger partial charge in [-0.25, -0.2) is 4.79 Å². The van der Waals surface area contributed by atoms with Crippen molar-refractivity contribution in [2.75, 3.05) is 6.61 Å². The van der Waals surface area contributed by atoms with Gasteiger partial charge in [0.05, 0.1) is 6.61 Å². The molecule has 0 saturated carbocycles. The van der Waals surface area contributed by atoms with Gasteiger partial charge in [0.1, 0.15) is 0 Å². The third-order valence-electron chi connectivity index (χ3n) is 1.86. The van der Waals surface area contributed by atoms with Crippen LogP contribution in [0, 0.1) is 11.3 Å². The van der Waals surface area contributed by atoms with Crippen LogP contribution in [0.1, 0.15) is 41.5 Å². The molecule has 0 bridgehead atoms. The quantitative estimate of drug-likeness (QED) is 0.514. The van der Waals surface area contributed by atoms with Crippen LogP contribution >= 0.6 is 0 Å². The molecule has 2 nitrogen and oxygen atoms in total. The van der Waals surface area contributed by atoms with E-state index in [9.17, 15) is 4.79 Å². The molecule has 0 N–H and O–H groups in total. The summed E-state index contributed by atoms with van der Waals surface area (Å²) in [6, 6.07) is 0. The maximum Gasteiger partial charge on any atom is 0.334 e. The lowest BCUT2D eigenvalue weighted by molar-refractivity contribution is -0.141. The molecule has 0 fully saturated rings. The molecule has 0 aliphatic heterocycles. The van der Waals surface area contributed by atoms with E-state index in [1.165, 1.54) is 0 Å². The second-order valence-corrected chi connectivity index (χ2v) is 4.94. The summed E-state index contributed by atoms with van der Waals surface area (Å²) < 4.78 is 5.18. The fraction of sp³-hybridized carbons (Fsp3) is 0.750. The molecule has 0 aromatic carbocycles. The first-order valence-corrected chi connectivity index (χ1v) is 5.13. The lowest BCUT2D eigenvalue weighted by Gasteiger charge is -2.21. The molecule has 0 heterocycles. The van der Waals surface area contributed by atoms with Gasteiger partial charge in [-0.15, -0.1) is 0 Å². The van der Waals surface area contributed by atoms with Crippen LogP contribution < -0.4 is 0 Å². The van der Waals surface area contributed by atoms with Gasteiger partial charge in [-0.2, -0.15) is 0 Å². The summed E-state index contributed by atoms with van der Waals surface area (Å²) in [5, 5.41) is 0. The summed E-state index contributed by atoms with van der Waals surface area (Å²) in [4.78, 5) is 11.6. The van der Waals surface area contributed by atoms with Crippen molar-refractivity contribution in [2.45, 2.75) is 41.5 Å². The van der Waals surface area contributed by atoms with Gasteiger partial charge < -0.3 is 4.74 Å². The van der Waals surface area contributed by atoms with Crippen LogP contribution in [-0.4, -0.2) is 12.6 Å². The van der Waals surface area contributed by atoms with Crippen LogP contribution in [-0.2, 0) is 9.53 Å². The highest BCUT2D eigenvalue weighted by molar-refractivity contribution is 5.89. The molecular weight excluding hydrogens is 176 g/mol. The SMILES string of the molecule is C/C=C(/C(=O)OCC(C)C)C(C)(C)C. The zero-order valence-corrected chi connectivity index (χ0v) is 10.2. The first-order valence-electron chi connectivity index (χ1n) is 5.13. The molecule has 0 spiro atoms. The fourth-order valence-corrected chi connectivity index (χ4v) is 1.18. The number of rotatable bonds is 3. The summed E-state index contributed by atoms with van der Waals surface area (Å²) >= 11 is 0. The molecule has 2 heteroatoms. The van der Waals surface area contributed by atoms with Crippen molar-refractivity contribution in [1.82, 2.24) is 0 Å². The van der Waals surface area contributed by atoms with E-state index in [0.717, 1.165) is 5.57 Å². The van der Waals surface area contributed by atoms with Crippen molar-refractivity contribution in [3.8, 4) is 0 Å². The zero-order valence-electron chi connectivity index (χ0n) is 10.2. The van der Waals surface area contributed by atoms with Gasteiger partial charge >= 0.3 is 5.97 Å². The van der Waals surface area contributed by atoms with E-state index in [2.05, 4.69) is 0 Å². The minimum atomic E-state index is -0.186. The molecule has 0 atom stereocenters. The lowest BCUT2D eigenvalue weighted by Crippen LogP contribution is -2.21. The number of carbonyl (C=O) groups is 1. The third kappa shape index (κ3) is 4.45. The molecular formula is C12H22O2. The predicted molar refractivity (Wildman–Crippen MR) is 59.0 cm³/mol. The molecule has 0 rings (SSSR count). The van der Waals surface area contributed by atoms with Gasteiger partial charge in [0.15, 0.2) is 0 Å². The number of ether oxygens (including phenoxy) is 1. The molecule has 0 saturated heterocycles. The third-order valence-corrected chi connectivity index (χ3v) is 1.86. The van der Waals surface area contributed by atoms with Gasteiger partial charge in [0.25, 0.3) is 0 Å². The lowest BCUT2D eigenvalue weighted by atomic mass is 9.86. The van der Waals surface area contributed by atoms with Crippen molar-refractivity contribution < 1.29 is 9.53 Å². The summed E-state index contributed by atoms with van der Waals surface area (Å²) in [5.74, 6) is 0.200. The van der Waals surface area contributed by atoms with Crippen molar-refractivity contribution in [3.05, 3.63) is 11.6 Å². The van der Waals surface area contributed by atoms with E-state index < -0.39 is 0 Å². The first kappa shape index (κ1) is 13.2. The average Bonchev–Trinajstić information content (AvgIpc) is 1.99. The molecule has 0 aromatic heterocycles. The topological polar surface area (TPSA) is 26.3 Å². The van der Waals surface area contributed by atoms with Crippen LogP contribution in [0.15, 0.2) is 11.6 Å². The van der Waals surface area contributed by atoms with Crippen LogP contribution in [0.2, 0.25) is 0 Å². The Morgan fingerprint density at radius 3 is 2.14 bits per heavy atom. The Labute approximate surface area is 87.3 Å². The highest BCUT2D eigenvalue weighted by Crippen LogP contribution is 2.26. The zero-order chi connectivity index (χ0) is 11.4. The maximum absolute atomic E-state index is 11.6. The van der Waals surface area contributed by atoms with Gasteiger partial charge in [0, 0.05) is 5.57 Å². The van der Waals surface area contributed by atoms with Crippen LogP contribution in [0.4, 0.5) is 0 Å². The second-order valence-electron chi connectivity index (χ2n) is 4.94. The number of hydrogen-bond donors (Lipinski definition) is 0. The van der Waals surface area contributed by atoms with E-state index in [1.807, 2.05) is 47.6 Å². The first-order chi connectivity index (χ1) is 6.29. The molecule has 0 amide bonds. The van der Waals surface area contributed by atoms with E-state index in [0.29, 0.717) is 12.5 Å². The van der Waals surface area contributed by atoms with E-state index >= 15 is 0 Å². The Morgan fingerprint density at radius 2 is 1.86 bits per heavy atom. The Hall–Kier alpha value is -0.790. The molecule has 82 valence electrons. The van der Waals surface area contributed by atoms with Crippen LogP contribution in [0.3, 0.4) is 0 Å². The fourth-order valence-electron chi connectivity index (χ4n) is 1.18. The molecule has 0 unspecified atom stereocenters. The molecule has 0 aliphatic rings. The molecule has 0 aromatic rings. The van der Waals surface area contributed by atoms with E-state index in [1.54, 1.807) is 0 Å². The van der Waals surface area contributed by atoms with E-state index in [4.69, 9.17) is 4.74 Å². The normalized spacial score (nSPS) is 13.2. The van der Waals surface area contributed by atoms with E-state index in [-0.39, 0.29) is 11.4 Å². The van der Waals surface area contributed by atoms with Gasteiger partial charge in [-0.05, 0) is 18.3 Å². The van der Waals surface area contributed by atoms with Gasteiger partial charge in [-0.1, -0.05) is 40.7 Å². The second kappa shape index (κ2) is 5.18.